The summed E-state index contributed by atoms with van der Waals surface area (Å²) < 4.78 is 0. The predicted octanol–water partition coefficient (Wildman–Crippen LogP) is 1.68. The minimum atomic E-state index is 0.756. The van der Waals surface area contributed by atoms with E-state index in [2.05, 4.69) is 48.2 Å². The van der Waals surface area contributed by atoms with Gasteiger partial charge in [0.1, 0.15) is 0 Å². The molecule has 1 saturated carbocycles. The second-order valence-corrected chi connectivity index (χ2v) is 5.05. The van der Waals surface area contributed by atoms with Gasteiger partial charge in [0.15, 0.2) is 0 Å². The molecule has 0 heterocycles. The highest BCUT2D eigenvalue weighted by Gasteiger charge is 2.28. The number of hydrogen-bond donors (Lipinski definition) is 1. The van der Waals surface area contributed by atoms with Crippen molar-refractivity contribution >= 4 is 5.69 Å². The van der Waals surface area contributed by atoms with E-state index in [0.717, 1.165) is 25.7 Å². The van der Waals surface area contributed by atoms with Crippen molar-refractivity contribution < 1.29 is 0 Å². The molecule has 0 saturated heterocycles. The first-order valence-corrected chi connectivity index (χ1v) is 6.41. The van der Waals surface area contributed by atoms with E-state index in [1.54, 1.807) is 0 Å². The van der Waals surface area contributed by atoms with Crippen LogP contribution in [0.5, 0.6) is 0 Å². The van der Waals surface area contributed by atoms with E-state index in [0.29, 0.717) is 0 Å². The Bertz CT molecular complexity index is 341. The van der Waals surface area contributed by atoms with Gasteiger partial charge in [-0.3, -0.25) is 4.90 Å². The topological polar surface area (TPSA) is 32.5 Å². The Morgan fingerprint density at radius 1 is 1.18 bits per heavy atom. The number of nitrogens with zero attached hydrogens (tertiary/aromatic N) is 2. The number of anilines is 1. The summed E-state index contributed by atoms with van der Waals surface area (Å²) in [5, 5.41) is 0. The molecule has 94 valence electrons. The molecule has 0 bridgehead atoms. The van der Waals surface area contributed by atoms with Crippen LogP contribution in [0.3, 0.4) is 0 Å². The maximum atomic E-state index is 5.66. The number of nitrogens with two attached hydrogens (primary N) is 1. The fourth-order valence-electron chi connectivity index (χ4n) is 2.13. The minimum Gasteiger partial charge on any atom is -0.378 e. The van der Waals surface area contributed by atoms with Crippen LogP contribution in [0.4, 0.5) is 5.69 Å². The van der Waals surface area contributed by atoms with Crippen molar-refractivity contribution in [2.24, 2.45) is 5.73 Å². The fourth-order valence-corrected chi connectivity index (χ4v) is 2.13. The van der Waals surface area contributed by atoms with Gasteiger partial charge < -0.3 is 10.6 Å². The maximum absolute atomic E-state index is 5.66. The summed E-state index contributed by atoms with van der Waals surface area (Å²) in [4.78, 5) is 4.63. The van der Waals surface area contributed by atoms with Gasteiger partial charge in [0, 0.05) is 45.5 Å². The average Bonchev–Trinajstić information content (AvgIpc) is 3.13. The highest BCUT2D eigenvalue weighted by atomic mass is 15.2. The Labute approximate surface area is 104 Å². The third kappa shape index (κ3) is 3.45. The van der Waals surface area contributed by atoms with Gasteiger partial charge >= 0.3 is 0 Å². The van der Waals surface area contributed by atoms with Gasteiger partial charge in [-0.1, -0.05) is 12.1 Å². The molecule has 0 atom stereocenters. The molecule has 2 N–H and O–H groups in total. The van der Waals surface area contributed by atoms with Gasteiger partial charge in [-0.05, 0) is 30.5 Å². The first-order chi connectivity index (χ1) is 8.20. The van der Waals surface area contributed by atoms with Crippen molar-refractivity contribution in [2.75, 3.05) is 32.1 Å². The first-order valence-electron chi connectivity index (χ1n) is 6.41. The van der Waals surface area contributed by atoms with Crippen molar-refractivity contribution in [2.45, 2.75) is 25.4 Å². The van der Waals surface area contributed by atoms with Crippen molar-refractivity contribution in [3.05, 3.63) is 29.8 Å². The van der Waals surface area contributed by atoms with Gasteiger partial charge in [0.2, 0.25) is 0 Å². The van der Waals surface area contributed by atoms with Gasteiger partial charge in [0.05, 0.1) is 0 Å². The van der Waals surface area contributed by atoms with E-state index in [4.69, 9.17) is 5.73 Å². The first kappa shape index (κ1) is 12.4. The smallest absolute Gasteiger partial charge is 0.0361 e. The van der Waals surface area contributed by atoms with Crippen LogP contribution in [0.25, 0.3) is 0 Å². The fraction of sp³-hybridized carbons (Fsp3) is 0.571. The van der Waals surface area contributed by atoms with Crippen LogP contribution >= 0.6 is 0 Å². The highest BCUT2D eigenvalue weighted by Crippen LogP contribution is 2.28. The second kappa shape index (κ2) is 5.52. The minimum absolute atomic E-state index is 0.756. The lowest BCUT2D eigenvalue weighted by atomic mass is 10.2. The Kier molecular flexibility index (Phi) is 4.02. The largest absolute Gasteiger partial charge is 0.378 e. The summed E-state index contributed by atoms with van der Waals surface area (Å²) in [6.45, 7) is 2.81. The molecule has 1 fully saturated rings. The molecule has 1 aromatic rings. The van der Waals surface area contributed by atoms with Crippen LogP contribution in [0.2, 0.25) is 0 Å². The number of benzene rings is 1. The summed E-state index contributed by atoms with van der Waals surface area (Å²) in [6.07, 6.45) is 2.69. The third-order valence-electron chi connectivity index (χ3n) is 3.32. The van der Waals surface area contributed by atoms with Crippen molar-refractivity contribution in [1.29, 1.82) is 0 Å². The summed E-state index contributed by atoms with van der Waals surface area (Å²) in [5.74, 6) is 0. The molecule has 1 aliphatic carbocycles. The van der Waals surface area contributed by atoms with Gasteiger partial charge in [-0.25, -0.2) is 0 Å². The Hall–Kier alpha value is -1.06. The molecule has 0 radical (unpaired) electrons. The number of rotatable bonds is 6. The van der Waals surface area contributed by atoms with E-state index in [9.17, 15) is 0 Å². The van der Waals surface area contributed by atoms with Gasteiger partial charge in [-0.15, -0.1) is 0 Å². The SMILES string of the molecule is CN(C)c1ccc(CN(CCN)C2CC2)cc1. The summed E-state index contributed by atoms with van der Waals surface area (Å²) in [7, 11) is 4.14. The van der Waals surface area contributed by atoms with Crippen LogP contribution in [0.1, 0.15) is 18.4 Å². The zero-order chi connectivity index (χ0) is 12.3. The summed E-state index contributed by atoms with van der Waals surface area (Å²) in [5.41, 5.74) is 8.30. The normalized spacial score (nSPS) is 15.3. The Morgan fingerprint density at radius 3 is 2.29 bits per heavy atom. The van der Waals surface area contributed by atoms with Gasteiger partial charge in [0.25, 0.3) is 0 Å². The molecule has 17 heavy (non-hydrogen) atoms. The number of hydrogen-bond acceptors (Lipinski definition) is 3. The molecule has 0 amide bonds. The standard InChI is InChI=1S/C14H23N3/c1-16(2)13-5-3-12(4-6-13)11-17(10-9-15)14-7-8-14/h3-6,14H,7-11,15H2,1-2H3. The molecule has 0 spiro atoms. The van der Waals surface area contributed by atoms with Gasteiger partial charge in [-0.2, -0.15) is 0 Å². The van der Waals surface area contributed by atoms with Crippen LogP contribution in [-0.2, 0) is 6.54 Å². The predicted molar refractivity (Wildman–Crippen MR) is 73.3 cm³/mol. The molecule has 3 nitrogen and oxygen atoms in total. The molecule has 0 aromatic heterocycles. The Morgan fingerprint density at radius 2 is 1.82 bits per heavy atom. The molecule has 0 unspecified atom stereocenters. The van der Waals surface area contributed by atoms with E-state index in [-0.39, 0.29) is 0 Å². The van der Waals surface area contributed by atoms with E-state index in [1.807, 2.05) is 0 Å². The summed E-state index contributed by atoms with van der Waals surface area (Å²) >= 11 is 0. The van der Waals surface area contributed by atoms with E-state index in [1.165, 1.54) is 24.1 Å². The zero-order valence-electron chi connectivity index (χ0n) is 10.9. The van der Waals surface area contributed by atoms with Crippen LogP contribution in [0, 0.1) is 0 Å². The van der Waals surface area contributed by atoms with Crippen molar-refractivity contribution in [3.8, 4) is 0 Å². The van der Waals surface area contributed by atoms with Crippen LogP contribution in [-0.4, -0.2) is 38.1 Å². The third-order valence-corrected chi connectivity index (χ3v) is 3.32. The van der Waals surface area contributed by atoms with Crippen LogP contribution < -0.4 is 10.6 Å². The molecule has 3 heteroatoms. The van der Waals surface area contributed by atoms with Crippen LogP contribution in [0.15, 0.2) is 24.3 Å². The molecular weight excluding hydrogens is 210 g/mol. The Balaban J connectivity index is 1.96. The highest BCUT2D eigenvalue weighted by molar-refractivity contribution is 5.45. The van der Waals surface area contributed by atoms with Crippen molar-refractivity contribution in [1.82, 2.24) is 4.90 Å². The molecule has 1 aliphatic rings. The van der Waals surface area contributed by atoms with E-state index >= 15 is 0 Å². The lowest BCUT2D eigenvalue weighted by molar-refractivity contribution is 0.262. The quantitative estimate of drug-likeness (QED) is 0.811. The molecular formula is C14H23N3. The molecule has 0 aliphatic heterocycles. The zero-order valence-corrected chi connectivity index (χ0v) is 10.9. The molecule has 2 rings (SSSR count). The lowest BCUT2D eigenvalue weighted by Crippen LogP contribution is -2.31. The lowest BCUT2D eigenvalue weighted by Gasteiger charge is -2.21. The summed E-state index contributed by atoms with van der Waals surface area (Å²) in [6, 6.07) is 9.60. The molecule has 1 aromatic carbocycles. The second-order valence-electron chi connectivity index (χ2n) is 5.05. The average molecular weight is 233 g/mol. The van der Waals surface area contributed by atoms with E-state index < -0.39 is 0 Å². The monoisotopic (exact) mass is 233 g/mol. The maximum Gasteiger partial charge on any atom is 0.0361 e. The van der Waals surface area contributed by atoms with Crippen molar-refractivity contribution in [3.63, 3.8) is 0 Å².